The lowest BCUT2D eigenvalue weighted by atomic mass is 10.1. The van der Waals surface area contributed by atoms with Crippen LogP contribution in [0.15, 0.2) is 42.5 Å². The molecule has 0 radical (unpaired) electrons. The van der Waals surface area contributed by atoms with Crippen LogP contribution in [0.5, 0.6) is 11.5 Å². The van der Waals surface area contributed by atoms with Gasteiger partial charge in [-0.1, -0.05) is 30.7 Å². The first-order chi connectivity index (χ1) is 10.0. The van der Waals surface area contributed by atoms with Gasteiger partial charge in [0.1, 0.15) is 11.5 Å². The number of nitro groups is 1. The van der Waals surface area contributed by atoms with E-state index in [0.29, 0.717) is 11.5 Å². The van der Waals surface area contributed by atoms with Crippen molar-refractivity contribution in [3.05, 3.63) is 63.2 Å². The smallest absolute Gasteiger partial charge is 0.271 e. The molecule has 2 N–H and O–H groups in total. The monoisotopic (exact) mass is 306 g/mol. The van der Waals surface area contributed by atoms with Crippen LogP contribution in [0.1, 0.15) is 24.9 Å². The van der Waals surface area contributed by atoms with E-state index in [1.807, 2.05) is 19.1 Å². The molecular weight excluding hydrogens is 292 g/mol. The second-order valence-corrected chi connectivity index (χ2v) is 4.96. The molecule has 0 aliphatic carbocycles. The Hall–Kier alpha value is -2.11. The minimum absolute atomic E-state index is 0.00186. The van der Waals surface area contributed by atoms with Gasteiger partial charge in [0.15, 0.2) is 0 Å². The number of non-ortho nitro benzene ring substituents is 1. The van der Waals surface area contributed by atoms with Crippen molar-refractivity contribution in [2.45, 2.75) is 19.4 Å². The van der Waals surface area contributed by atoms with Crippen molar-refractivity contribution in [3.63, 3.8) is 0 Å². The predicted octanol–water partition coefficient (Wildman–Crippen LogP) is 4.45. The summed E-state index contributed by atoms with van der Waals surface area (Å²) in [6, 6.07) is 11.5. The van der Waals surface area contributed by atoms with Gasteiger partial charge in [0.2, 0.25) is 0 Å². The van der Waals surface area contributed by atoms with Crippen LogP contribution in [0.25, 0.3) is 0 Å². The lowest BCUT2D eigenvalue weighted by molar-refractivity contribution is -0.384. The molecule has 0 aromatic heterocycles. The van der Waals surface area contributed by atoms with Crippen molar-refractivity contribution < 1.29 is 9.66 Å². The van der Waals surface area contributed by atoms with Gasteiger partial charge in [0, 0.05) is 18.2 Å². The molecule has 1 atom stereocenters. The first-order valence-electron chi connectivity index (χ1n) is 6.48. The summed E-state index contributed by atoms with van der Waals surface area (Å²) >= 11 is 5.98. The number of nitrogens with zero attached hydrogens (tertiary/aromatic N) is 1. The number of halogens is 1. The van der Waals surface area contributed by atoms with Gasteiger partial charge in [-0.3, -0.25) is 10.1 Å². The second-order valence-electron chi connectivity index (χ2n) is 4.56. The van der Waals surface area contributed by atoms with E-state index in [1.165, 1.54) is 18.2 Å². The van der Waals surface area contributed by atoms with Crippen molar-refractivity contribution in [3.8, 4) is 11.5 Å². The van der Waals surface area contributed by atoms with Crippen LogP contribution >= 0.6 is 11.6 Å². The van der Waals surface area contributed by atoms with E-state index in [2.05, 4.69) is 0 Å². The zero-order chi connectivity index (χ0) is 15.4. The summed E-state index contributed by atoms with van der Waals surface area (Å²) in [6.07, 6.45) is 0.856. The molecule has 0 spiro atoms. The molecule has 2 rings (SSSR count). The third-order valence-electron chi connectivity index (χ3n) is 3.10. The Labute approximate surface area is 127 Å². The maximum Gasteiger partial charge on any atom is 0.271 e. The summed E-state index contributed by atoms with van der Waals surface area (Å²) in [5.41, 5.74) is 6.90. The highest BCUT2D eigenvalue weighted by Crippen LogP contribution is 2.32. The lowest BCUT2D eigenvalue weighted by Gasteiger charge is -2.11. The maximum atomic E-state index is 10.6. The van der Waals surface area contributed by atoms with Crippen LogP contribution < -0.4 is 10.5 Å². The van der Waals surface area contributed by atoms with Gasteiger partial charge in [0.05, 0.1) is 9.95 Å². The fourth-order valence-corrected chi connectivity index (χ4v) is 2.05. The number of rotatable bonds is 5. The van der Waals surface area contributed by atoms with Gasteiger partial charge < -0.3 is 10.5 Å². The van der Waals surface area contributed by atoms with Crippen molar-refractivity contribution >= 4 is 17.3 Å². The van der Waals surface area contributed by atoms with E-state index < -0.39 is 4.92 Å². The third kappa shape index (κ3) is 3.71. The Morgan fingerprint density at radius 2 is 1.95 bits per heavy atom. The first kappa shape index (κ1) is 15.3. The van der Waals surface area contributed by atoms with Crippen LogP contribution in [-0.2, 0) is 0 Å². The van der Waals surface area contributed by atoms with Gasteiger partial charge in [-0.25, -0.2) is 0 Å². The number of nitro benzene ring substituents is 1. The highest BCUT2D eigenvalue weighted by Gasteiger charge is 2.11. The Morgan fingerprint density at radius 1 is 1.29 bits per heavy atom. The molecule has 0 saturated heterocycles. The molecule has 0 heterocycles. The molecule has 0 aliphatic heterocycles. The van der Waals surface area contributed by atoms with Crippen LogP contribution in [0.2, 0.25) is 5.02 Å². The Morgan fingerprint density at radius 3 is 2.48 bits per heavy atom. The number of ether oxygens (including phenoxy) is 1. The molecule has 2 aromatic carbocycles. The Bertz CT molecular complexity index is 644. The van der Waals surface area contributed by atoms with E-state index in [0.717, 1.165) is 12.0 Å². The molecule has 0 bridgehead atoms. The van der Waals surface area contributed by atoms with Gasteiger partial charge in [-0.15, -0.1) is 0 Å². The van der Waals surface area contributed by atoms with Crippen molar-refractivity contribution in [1.82, 2.24) is 0 Å². The van der Waals surface area contributed by atoms with Gasteiger partial charge in [-0.05, 0) is 30.2 Å². The van der Waals surface area contributed by atoms with Gasteiger partial charge >= 0.3 is 0 Å². The standard InChI is InChI=1S/C15H15ClN2O3/c1-2-14(17)10-3-6-12(7-4-10)21-15-8-5-11(18(19)20)9-13(15)16/h3-9,14H,2,17H2,1H3. The topological polar surface area (TPSA) is 78.4 Å². The molecule has 110 valence electrons. The van der Waals surface area contributed by atoms with E-state index in [4.69, 9.17) is 22.1 Å². The summed E-state index contributed by atoms with van der Waals surface area (Å²) < 4.78 is 5.62. The zero-order valence-corrected chi connectivity index (χ0v) is 12.2. The molecule has 21 heavy (non-hydrogen) atoms. The quantitative estimate of drug-likeness (QED) is 0.654. The molecule has 0 aliphatic rings. The van der Waals surface area contributed by atoms with Crippen LogP contribution in [-0.4, -0.2) is 4.92 Å². The third-order valence-corrected chi connectivity index (χ3v) is 3.40. The van der Waals surface area contributed by atoms with Crippen LogP contribution in [0, 0.1) is 10.1 Å². The largest absolute Gasteiger partial charge is 0.456 e. The second kappa shape index (κ2) is 6.56. The van der Waals surface area contributed by atoms with Crippen LogP contribution in [0.4, 0.5) is 5.69 Å². The molecule has 6 heteroatoms. The number of nitrogens with two attached hydrogens (primary N) is 1. The summed E-state index contributed by atoms with van der Waals surface area (Å²) in [5, 5.41) is 10.8. The summed E-state index contributed by atoms with van der Waals surface area (Å²) in [5.74, 6) is 0.965. The maximum absolute atomic E-state index is 10.6. The summed E-state index contributed by atoms with van der Waals surface area (Å²) in [6.45, 7) is 2.02. The lowest BCUT2D eigenvalue weighted by Crippen LogP contribution is -2.08. The highest BCUT2D eigenvalue weighted by atomic mass is 35.5. The molecular formula is C15H15ClN2O3. The van der Waals surface area contributed by atoms with Crippen molar-refractivity contribution in [2.75, 3.05) is 0 Å². The SMILES string of the molecule is CCC(N)c1ccc(Oc2ccc([N+](=O)[O-])cc2Cl)cc1. The zero-order valence-electron chi connectivity index (χ0n) is 11.5. The van der Waals surface area contributed by atoms with E-state index >= 15 is 0 Å². The predicted molar refractivity (Wildman–Crippen MR) is 81.8 cm³/mol. The molecule has 1 unspecified atom stereocenters. The fraction of sp³-hybridized carbons (Fsp3) is 0.200. The van der Waals surface area contributed by atoms with Crippen molar-refractivity contribution in [1.29, 1.82) is 0 Å². The Balaban J connectivity index is 2.16. The molecule has 0 amide bonds. The average Bonchev–Trinajstić information content (AvgIpc) is 2.49. The molecule has 0 saturated carbocycles. The van der Waals surface area contributed by atoms with Gasteiger partial charge in [-0.2, -0.15) is 0 Å². The highest BCUT2D eigenvalue weighted by molar-refractivity contribution is 6.32. The van der Waals surface area contributed by atoms with E-state index in [9.17, 15) is 10.1 Å². The molecule has 0 fully saturated rings. The number of hydrogen-bond acceptors (Lipinski definition) is 4. The number of benzene rings is 2. The summed E-state index contributed by atoms with van der Waals surface area (Å²) in [4.78, 5) is 10.1. The van der Waals surface area contributed by atoms with Gasteiger partial charge in [0.25, 0.3) is 5.69 Å². The normalized spacial score (nSPS) is 12.0. The van der Waals surface area contributed by atoms with Crippen molar-refractivity contribution in [2.24, 2.45) is 5.73 Å². The van der Waals surface area contributed by atoms with E-state index in [1.54, 1.807) is 12.1 Å². The fourth-order valence-electron chi connectivity index (χ4n) is 1.83. The van der Waals surface area contributed by atoms with Crippen LogP contribution in [0.3, 0.4) is 0 Å². The first-order valence-corrected chi connectivity index (χ1v) is 6.86. The average molecular weight is 307 g/mol. The minimum Gasteiger partial charge on any atom is -0.456 e. The molecule has 5 nitrogen and oxygen atoms in total. The van der Waals surface area contributed by atoms with E-state index in [-0.39, 0.29) is 16.8 Å². The number of hydrogen-bond donors (Lipinski definition) is 1. The Kier molecular flexibility index (Phi) is 4.77. The molecule has 2 aromatic rings. The summed E-state index contributed by atoms with van der Waals surface area (Å²) in [7, 11) is 0. The minimum atomic E-state index is -0.503.